The first-order chi connectivity index (χ1) is 15.8. The van der Waals surface area contributed by atoms with Gasteiger partial charge in [0.15, 0.2) is 0 Å². The molecular weight excluding hydrogens is 623 g/mol. The fourth-order valence-corrected chi connectivity index (χ4v) is 3.26. The molecule has 0 amide bonds. The molecule has 0 spiro atoms. The predicted octanol–water partition coefficient (Wildman–Crippen LogP) is 7.32. The second kappa shape index (κ2) is 11.5. The van der Waals surface area contributed by atoms with E-state index in [1.165, 1.54) is 0 Å². The fourth-order valence-electron chi connectivity index (χ4n) is 3.26. The van der Waals surface area contributed by atoms with Gasteiger partial charge in [0.2, 0.25) is 0 Å². The van der Waals surface area contributed by atoms with Gasteiger partial charge < -0.3 is 9.97 Å². The number of pyridine rings is 2. The summed E-state index contributed by atoms with van der Waals surface area (Å²) in [6.07, 6.45) is 0. The maximum Gasteiger partial charge on any atom is 2.00 e. The van der Waals surface area contributed by atoms with Gasteiger partial charge in [-0.05, 0) is 37.4 Å². The normalized spacial score (nSPS) is 10.7. The molecule has 0 bridgehead atoms. The molecule has 7 heteroatoms. The summed E-state index contributed by atoms with van der Waals surface area (Å²) < 4.78 is 54.9. The Balaban J connectivity index is 0.00000133. The molecule has 2 aromatic carbocycles. The Morgan fingerprint density at radius 2 is 1.06 bits per heavy atom. The minimum Gasteiger partial charge on any atom is -0.300 e. The second-order valence-electron chi connectivity index (χ2n) is 7.52. The van der Waals surface area contributed by atoms with Crippen LogP contribution < -0.4 is 0 Å². The van der Waals surface area contributed by atoms with Crippen LogP contribution >= 0.6 is 0 Å². The third kappa shape index (κ3) is 5.79. The van der Waals surface area contributed by atoms with Gasteiger partial charge in [0, 0.05) is 40.1 Å². The van der Waals surface area contributed by atoms with E-state index in [1.807, 2.05) is 27.7 Å². The number of nitrogens with zero attached hydrogens (tertiary/aromatic N) is 2. The van der Waals surface area contributed by atoms with Gasteiger partial charge in [0.05, 0.1) is 0 Å². The van der Waals surface area contributed by atoms with Crippen LogP contribution in [0.4, 0.5) is 17.6 Å². The summed E-state index contributed by atoms with van der Waals surface area (Å²) in [5.41, 5.74) is 1.14. The molecule has 2 nitrogen and oxygen atoms in total. The van der Waals surface area contributed by atoms with Crippen molar-refractivity contribution in [3.05, 3.63) is 107 Å². The van der Waals surface area contributed by atoms with E-state index in [-0.39, 0.29) is 32.2 Å². The van der Waals surface area contributed by atoms with Crippen LogP contribution in [-0.2, 0) is 26.5 Å². The Bertz CT molecular complexity index is 1180. The van der Waals surface area contributed by atoms with Gasteiger partial charge in [-0.25, -0.2) is 0 Å². The Hall–Kier alpha value is -2.85. The zero-order chi connectivity index (χ0) is 24.2. The van der Waals surface area contributed by atoms with Crippen molar-refractivity contribution < 1.29 is 38.6 Å². The largest absolute Gasteiger partial charge is 2.00 e. The molecule has 0 aliphatic rings. The predicted molar refractivity (Wildman–Crippen MR) is 120 cm³/mol. The number of benzene rings is 2. The Morgan fingerprint density at radius 1 is 0.676 bits per heavy atom. The van der Waals surface area contributed by atoms with Crippen LogP contribution in [0.2, 0.25) is 0 Å². The summed E-state index contributed by atoms with van der Waals surface area (Å²) in [6.45, 7) is 7.75. The first-order valence-corrected chi connectivity index (χ1v) is 10.4. The van der Waals surface area contributed by atoms with Crippen LogP contribution in [0.15, 0.2) is 60.7 Å². The maximum atomic E-state index is 14.2. The second-order valence-corrected chi connectivity index (χ2v) is 7.52. The van der Waals surface area contributed by atoms with Crippen molar-refractivity contribution in [1.82, 2.24) is 9.97 Å². The van der Waals surface area contributed by atoms with E-state index in [0.29, 0.717) is 22.8 Å². The molecule has 0 atom stereocenters. The van der Waals surface area contributed by atoms with Gasteiger partial charge in [0.25, 0.3) is 0 Å². The molecule has 0 unspecified atom stereocenters. The summed E-state index contributed by atoms with van der Waals surface area (Å²) in [7, 11) is 0. The zero-order valence-corrected chi connectivity index (χ0v) is 21.3. The number of rotatable bonds is 4. The fraction of sp³-hybridized carbons (Fsp3) is 0.185. The molecule has 0 radical (unpaired) electrons. The van der Waals surface area contributed by atoms with E-state index < -0.39 is 28.7 Å². The standard InChI is InChI=1S/C25H16F4N2.C2H6.Pt/c1-25(2,23-7-3-5-21(30-23)17-11-9-15(26)13-19(17)28)24-8-4-6-22(31-24)18-12-10-16(27)14-20(18)29;1-2;/h3-10,13-14H,1-2H3;1-2H3;/q-2;;+2. The third-order valence-electron chi connectivity index (χ3n) is 5.01. The summed E-state index contributed by atoms with van der Waals surface area (Å²) in [4.78, 5) is 9.10. The van der Waals surface area contributed by atoms with Crippen molar-refractivity contribution in [2.45, 2.75) is 33.1 Å². The van der Waals surface area contributed by atoms with Crippen LogP contribution in [0, 0.1) is 35.4 Å². The van der Waals surface area contributed by atoms with Crippen molar-refractivity contribution in [3.8, 4) is 22.5 Å². The van der Waals surface area contributed by atoms with E-state index in [4.69, 9.17) is 0 Å². The summed E-state index contributed by atoms with van der Waals surface area (Å²) in [6, 6.07) is 19.0. The molecule has 0 aliphatic heterocycles. The average molecular weight is 646 g/mol. The summed E-state index contributed by atoms with van der Waals surface area (Å²) in [5, 5.41) is 0. The van der Waals surface area contributed by atoms with Crippen LogP contribution in [0.25, 0.3) is 22.5 Å². The zero-order valence-electron chi connectivity index (χ0n) is 19.0. The minimum atomic E-state index is -0.759. The van der Waals surface area contributed by atoms with Gasteiger partial charge >= 0.3 is 21.1 Å². The first kappa shape index (κ1) is 27.4. The molecule has 178 valence electrons. The molecule has 0 saturated carbocycles. The number of hydrogen-bond acceptors (Lipinski definition) is 2. The number of halogens is 4. The van der Waals surface area contributed by atoms with Crippen molar-refractivity contribution in [1.29, 1.82) is 0 Å². The van der Waals surface area contributed by atoms with Crippen LogP contribution in [0.5, 0.6) is 0 Å². The molecule has 2 aromatic heterocycles. The topological polar surface area (TPSA) is 25.8 Å². The molecule has 0 N–H and O–H groups in total. The van der Waals surface area contributed by atoms with E-state index in [0.717, 1.165) is 24.3 Å². The number of aromatic nitrogens is 2. The van der Waals surface area contributed by atoms with E-state index in [2.05, 4.69) is 22.1 Å². The Kier molecular flexibility index (Phi) is 9.28. The quantitative estimate of drug-likeness (QED) is 0.172. The minimum absolute atomic E-state index is 0. The Morgan fingerprint density at radius 3 is 1.41 bits per heavy atom. The SMILES string of the molecule is CC.CC(C)(c1cccc(-c2[c-]cc(F)cc2F)n1)c1cccc(-c2[c-]cc(F)cc2F)n1.[Pt+2]. The van der Waals surface area contributed by atoms with E-state index in [1.54, 1.807) is 36.4 Å². The maximum absolute atomic E-state index is 14.2. The molecule has 0 saturated heterocycles. The summed E-state index contributed by atoms with van der Waals surface area (Å²) >= 11 is 0. The number of hydrogen-bond donors (Lipinski definition) is 0. The molecule has 4 rings (SSSR count). The van der Waals surface area contributed by atoms with Crippen LogP contribution in [0.3, 0.4) is 0 Å². The van der Waals surface area contributed by atoms with Crippen molar-refractivity contribution in [2.75, 3.05) is 0 Å². The van der Waals surface area contributed by atoms with Gasteiger partial charge in [0.1, 0.15) is 0 Å². The Labute approximate surface area is 211 Å². The average Bonchev–Trinajstić information content (AvgIpc) is 2.80. The monoisotopic (exact) mass is 645 g/mol. The van der Waals surface area contributed by atoms with E-state index >= 15 is 0 Å². The third-order valence-corrected chi connectivity index (χ3v) is 5.01. The molecule has 0 aliphatic carbocycles. The first-order valence-electron chi connectivity index (χ1n) is 10.4. The molecule has 34 heavy (non-hydrogen) atoms. The molecule has 2 heterocycles. The smallest absolute Gasteiger partial charge is 0.300 e. The van der Waals surface area contributed by atoms with Gasteiger partial charge in [-0.15, -0.1) is 24.3 Å². The van der Waals surface area contributed by atoms with Gasteiger partial charge in [-0.1, -0.05) is 61.4 Å². The van der Waals surface area contributed by atoms with Crippen LogP contribution in [-0.4, -0.2) is 9.97 Å². The van der Waals surface area contributed by atoms with Crippen molar-refractivity contribution in [3.63, 3.8) is 0 Å². The van der Waals surface area contributed by atoms with E-state index in [9.17, 15) is 17.6 Å². The van der Waals surface area contributed by atoms with Gasteiger partial charge in [-0.2, -0.15) is 0 Å². The van der Waals surface area contributed by atoms with Crippen LogP contribution in [0.1, 0.15) is 39.1 Å². The van der Waals surface area contributed by atoms with Crippen molar-refractivity contribution >= 4 is 0 Å². The van der Waals surface area contributed by atoms with Crippen molar-refractivity contribution in [2.24, 2.45) is 0 Å². The van der Waals surface area contributed by atoms with Gasteiger partial charge in [-0.3, -0.25) is 17.6 Å². The summed E-state index contributed by atoms with van der Waals surface area (Å²) in [5.74, 6) is -2.96. The molecule has 0 fully saturated rings. The molecular formula is C27H22F4N2Pt. The molecule has 4 aromatic rings.